The number of carbonyl (C=O) groups excluding carboxylic acids is 3. The first-order valence-electron chi connectivity index (χ1n) is 11.9. The maximum atomic E-state index is 13.9. The van der Waals surface area contributed by atoms with Crippen LogP contribution in [0.2, 0.25) is 0 Å². The molecule has 1 amide bonds. The molecule has 1 aliphatic heterocycles. The maximum Gasteiger partial charge on any atom is 0.350 e. The molecule has 2 aromatic heterocycles. The fraction of sp³-hybridized carbons (Fsp3) is 0.214. The SMILES string of the molecule is COC(=O)c1sc(N2C(=O)C(O)=C(C(=O)c3cc4cccc(OC)c4o3)[C@H]2c2ccc(N(C)C)cc2)nc1C. The molecule has 4 aromatic rings. The predicted octanol–water partition coefficient (Wildman–Crippen LogP) is 4.84. The summed E-state index contributed by atoms with van der Waals surface area (Å²) in [4.78, 5) is 47.4. The third-order valence-corrected chi connectivity index (χ3v) is 7.63. The van der Waals surface area contributed by atoms with Crippen LogP contribution >= 0.6 is 11.3 Å². The third kappa shape index (κ3) is 4.30. The Hall–Kier alpha value is -4.64. The smallest absolute Gasteiger partial charge is 0.350 e. The first kappa shape index (κ1) is 26.0. The van der Waals surface area contributed by atoms with Gasteiger partial charge in [0.2, 0.25) is 5.78 Å². The lowest BCUT2D eigenvalue weighted by atomic mass is 9.95. The molecule has 1 N–H and O–H groups in total. The van der Waals surface area contributed by atoms with Crippen LogP contribution in [0.25, 0.3) is 11.0 Å². The van der Waals surface area contributed by atoms with Crippen molar-refractivity contribution in [3.8, 4) is 5.75 Å². The molecule has 0 saturated carbocycles. The second-order valence-corrected chi connectivity index (χ2v) is 10.0. The number of rotatable bonds is 7. The molecule has 10 nitrogen and oxygen atoms in total. The lowest BCUT2D eigenvalue weighted by molar-refractivity contribution is -0.117. The van der Waals surface area contributed by atoms with Crippen LogP contribution in [0.5, 0.6) is 5.75 Å². The van der Waals surface area contributed by atoms with Crippen LogP contribution in [0.15, 0.2) is 64.3 Å². The molecule has 0 bridgehead atoms. The largest absolute Gasteiger partial charge is 0.503 e. The van der Waals surface area contributed by atoms with E-state index in [0.29, 0.717) is 28.0 Å². The van der Waals surface area contributed by atoms with Crippen molar-refractivity contribution < 1.29 is 33.4 Å². The number of para-hydroxylation sites is 1. The number of anilines is 2. The van der Waals surface area contributed by atoms with Gasteiger partial charge >= 0.3 is 5.97 Å². The number of aromatic nitrogens is 1. The average Bonchev–Trinajstić information content (AvgIpc) is 3.61. The zero-order valence-electron chi connectivity index (χ0n) is 21.8. The van der Waals surface area contributed by atoms with Crippen molar-refractivity contribution in [3.05, 3.63) is 81.8 Å². The van der Waals surface area contributed by atoms with Crippen molar-refractivity contribution in [1.82, 2.24) is 4.98 Å². The van der Waals surface area contributed by atoms with Gasteiger partial charge in [-0.25, -0.2) is 9.78 Å². The Kier molecular flexibility index (Phi) is 6.61. The molecule has 0 saturated heterocycles. The highest BCUT2D eigenvalue weighted by Crippen LogP contribution is 2.44. The number of esters is 1. The van der Waals surface area contributed by atoms with Crippen molar-refractivity contribution in [3.63, 3.8) is 0 Å². The number of carbonyl (C=O) groups is 3. The summed E-state index contributed by atoms with van der Waals surface area (Å²) in [6, 6.07) is 13.0. The second-order valence-electron chi connectivity index (χ2n) is 9.05. The summed E-state index contributed by atoms with van der Waals surface area (Å²) in [6.45, 7) is 1.62. The fourth-order valence-corrected chi connectivity index (χ4v) is 5.53. The number of aliphatic hydroxyl groups excluding tert-OH is 1. The Balaban J connectivity index is 1.66. The standard InChI is InChI=1S/C28H25N3O7S/c1-14-25(27(35)37-5)39-28(29-14)31-21(15-9-11-17(12-10-15)30(2)3)20(23(33)26(31)34)22(32)19-13-16-7-6-8-18(36-4)24(16)38-19/h6-13,21,33H,1-5H3/t21-/m1/s1. The van der Waals surface area contributed by atoms with Crippen molar-refractivity contribution in [2.45, 2.75) is 13.0 Å². The molecule has 5 rings (SSSR count). The highest BCUT2D eigenvalue weighted by atomic mass is 32.1. The highest BCUT2D eigenvalue weighted by Gasteiger charge is 2.47. The molecule has 3 heterocycles. The van der Waals surface area contributed by atoms with Gasteiger partial charge in [0.05, 0.1) is 31.5 Å². The molecule has 200 valence electrons. The molecule has 0 unspecified atom stereocenters. The zero-order valence-corrected chi connectivity index (χ0v) is 22.7. The van der Waals surface area contributed by atoms with Gasteiger partial charge in [-0.05, 0) is 36.8 Å². The maximum absolute atomic E-state index is 13.9. The normalized spacial score (nSPS) is 15.3. The number of fused-ring (bicyclic) bond motifs is 1. The van der Waals surface area contributed by atoms with Gasteiger partial charge in [0.1, 0.15) is 4.88 Å². The first-order valence-corrected chi connectivity index (χ1v) is 12.7. The van der Waals surface area contributed by atoms with E-state index < -0.39 is 29.5 Å². The molecule has 2 aromatic carbocycles. The molecule has 11 heteroatoms. The number of aliphatic hydroxyl groups is 1. The minimum absolute atomic E-state index is 0.0637. The van der Waals surface area contributed by atoms with Crippen LogP contribution in [0.4, 0.5) is 10.8 Å². The Labute approximate surface area is 227 Å². The number of hydrogen-bond donors (Lipinski definition) is 1. The van der Waals surface area contributed by atoms with E-state index in [-0.39, 0.29) is 21.3 Å². The van der Waals surface area contributed by atoms with E-state index in [9.17, 15) is 19.5 Å². The molecular formula is C28H25N3O7S. The molecule has 1 aliphatic rings. The number of nitrogens with zero attached hydrogens (tertiary/aromatic N) is 3. The van der Waals surface area contributed by atoms with E-state index in [1.54, 1.807) is 43.3 Å². The first-order chi connectivity index (χ1) is 18.7. The number of amides is 1. The Morgan fingerprint density at radius 3 is 2.49 bits per heavy atom. The average molecular weight is 548 g/mol. The summed E-state index contributed by atoms with van der Waals surface area (Å²) in [5.74, 6) is -2.42. The molecule has 0 aliphatic carbocycles. The molecule has 0 spiro atoms. The summed E-state index contributed by atoms with van der Waals surface area (Å²) in [7, 11) is 6.53. The van der Waals surface area contributed by atoms with Crippen molar-refractivity contribution in [2.24, 2.45) is 0 Å². The molecule has 0 fully saturated rings. The number of hydrogen-bond acceptors (Lipinski definition) is 10. The van der Waals surface area contributed by atoms with Crippen molar-refractivity contribution in [1.29, 1.82) is 0 Å². The summed E-state index contributed by atoms with van der Waals surface area (Å²) < 4.78 is 16.0. The van der Waals surface area contributed by atoms with Crippen LogP contribution in [0, 0.1) is 6.92 Å². The Morgan fingerprint density at radius 2 is 1.85 bits per heavy atom. The van der Waals surface area contributed by atoms with Crippen molar-refractivity contribution >= 4 is 50.8 Å². The fourth-order valence-electron chi connectivity index (χ4n) is 4.51. The number of ether oxygens (including phenoxy) is 2. The van der Waals surface area contributed by atoms with Crippen LogP contribution < -0.4 is 14.5 Å². The summed E-state index contributed by atoms with van der Waals surface area (Å²) >= 11 is 0.942. The predicted molar refractivity (Wildman–Crippen MR) is 146 cm³/mol. The highest BCUT2D eigenvalue weighted by molar-refractivity contribution is 7.17. The van der Waals surface area contributed by atoms with E-state index >= 15 is 0 Å². The van der Waals surface area contributed by atoms with Crippen molar-refractivity contribution in [2.75, 3.05) is 38.1 Å². The van der Waals surface area contributed by atoms with Crippen LogP contribution in [0.1, 0.15) is 37.5 Å². The van der Waals surface area contributed by atoms with E-state index in [2.05, 4.69) is 4.98 Å². The molecular weight excluding hydrogens is 522 g/mol. The summed E-state index contributed by atoms with van der Waals surface area (Å²) in [6.07, 6.45) is 0. The quantitative estimate of drug-likeness (QED) is 0.256. The Morgan fingerprint density at radius 1 is 1.13 bits per heavy atom. The van der Waals surface area contributed by atoms with Gasteiger partial charge in [0.25, 0.3) is 5.91 Å². The molecule has 1 atom stereocenters. The number of methoxy groups -OCH3 is 2. The summed E-state index contributed by atoms with van der Waals surface area (Å²) in [5, 5.41) is 11.8. The van der Waals surface area contributed by atoms with Crippen LogP contribution in [0.3, 0.4) is 0 Å². The van der Waals surface area contributed by atoms with E-state index in [4.69, 9.17) is 13.9 Å². The minimum Gasteiger partial charge on any atom is -0.503 e. The number of ketones is 1. The van der Waals surface area contributed by atoms with Gasteiger partial charge in [0, 0.05) is 25.2 Å². The topological polar surface area (TPSA) is 122 Å². The van der Waals surface area contributed by atoms with Gasteiger partial charge in [-0.2, -0.15) is 0 Å². The minimum atomic E-state index is -1.03. The van der Waals surface area contributed by atoms with E-state index in [0.717, 1.165) is 17.0 Å². The number of aryl methyl sites for hydroxylation is 1. The monoisotopic (exact) mass is 547 g/mol. The van der Waals surface area contributed by atoms with Gasteiger partial charge in [-0.15, -0.1) is 0 Å². The van der Waals surface area contributed by atoms with E-state index in [1.165, 1.54) is 19.1 Å². The van der Waals surface area contributed by atoms with Gasteiger partial charge in [0.15, 0.2) is 28.0 Å². The van der Waals surface area contributed by atoms with Gasteiger partial charge in [-0.3, -0.25) is 14.5 Å². The number of furan rings is 1. The Bertz CT molecular complexity index is 1650. The van der Waals surface area contributed by atoms with E-state index in [1.807, 2.05) is 31.1 Å². The lowest BCUT2D eigenvalue weighted by Gasteiger charge is -2.25. The number of Topliss-reactive ketones (excluding diaryl/α,β-unsaturated/α-hetero) is 1. The third-order valence-electron chi connectivity index (χ3n) is 6.49. The number of thiazole rings is 1. The van der Waals surface area contributed by atoms with Crippen LogP contribution in [-0.2, 0) is 9.53 Å². The molecule has 0 radical (unpaired) electrons. The second kappa shape index (κ2) is 9.91. The van der Waals surface area contributed by atoms with Gasteiger partial charge < -0.3 is 23.9 Å². The zero-order chi connectivity index (χ0) is 28.0. The molecule has 39 heavy (non-hydrogen) atoms. The van der Waals surface area contributed by atoms with Crippen LogP contribution in [-0.4, -0.2) is 56.1 Å². The summed E-state index contributed by atoms with van der Waals surface area (Å²) in [5.41, 5.74) is 2.03. The number of benzene rings is 2. The van der Waals surface area contributed by atoms with Gasteiger partial charge in [-0.1, -0.05) is 35.6 Å². The lowest BCUT2D eigenvalue weighted by Crippen LogP contribution is -2.31.